The van der Waals surface area contributed by atoms with Gasteiger partial charge >= 0.3 is 5.97 Å². The molecule has 0 spiro atoms. The predicted octanol–water partition coefficient (Wildman–Crippen LogP) is 3.85. The van der Waals surface area contributed by atoms with Crippen LogP contribution in [-0.4, -0.2) is 37.4 Å². The van der Waals surface area contributed by atoms with Crippen LogP contribution in [-0.2, 0) is 14.3 Å². The van der Waals surface area contributed by atoms with Gasteiger partial charge in [0.15, 0.2) is 13.2 Å². The van der Waals surface area contributed by atoms with E-state index in [1.807, 2.05) is 0 Å². The minimum atomic E-state index is -0.448. The van der Waals surface area contributed by atoms with Crippen molar-refractivity contribution in [1.82, 2.24) is 5.43 Å². The topological polar surface area (TPSA) is 86.2 Å². The Morgan fingerprint density at radius 2 is 1.79 bits per heavy atom. The van der Waals surface area contributed by atoms with E-state index in [4.69, 9.17) is 37.4 Å². The Hall–Kier alpha value is -2.77. The molecule has 0 fully saturated rings. The molecule has 0 unspecified atom stereocenters. The second kappa shape index (κ2) is 11.3. The first-order chi connectivity index (χ1) is 13.8. The van der Waals surface area contributed by atoms with E-state index < -0.39 is 11.9 Å². The van der Waals surface area contributed by atoms with Crippen molar-refractivity contribution in [1.29, 1.82) is 0 Å². The molecule has 9 heteroatoms. The summed E-state index contributed by atoms with van der Waals surface area (Å²) < 4.78 is 15.6. The first kappa shape index (κ1) is 22.5. The van der Waals surface area contributed by atoms with Crippen molar-refractivity contribution in [2.75, 3.05) is 13.2 Å². The highest BCUT2D eigenvalue weighted by molar-refractivity contribution is 6.35. The number of halogens is 2. The van der Waals surface area contributed by atoms with E-state index in [1.165, 1.54) is 12.3 Å². The zero-order valence-electron chi connectivity index (χ0n) is 15.9. The lowest BCUT2D eigenvalue weighted by atomic mass is 10.2. The Morgan fingerprint density at radius 1 is 1.07 bits per heavy atom. The molecule has 2 aromatic carbocycles. The van der Waals surface area contributed by atoms with Crippen LogP contribution in [0.3, 0.4) is 0 Å². The lowest BCUT2D eigenvalue weighted by molar-refractivity contribution is -0.149. The molecule has 29 heavy (non-hydrogen) atoms. The molecule has 0 heterocycles. The zero-order valence-corrected chi connectivity index (χ0v) is 17.4. The van der Waals surface area contributed by atoms with Crippen LogP contribution >= 0.6 is 23.2 Å². The molecule has 2 rings (SSSR count). The summed E-state index contributed by atoms with van der Waals surface area (Å²) in [6, 6.07) is 11.5. The van der Waals surface area contributed by atoms with Crippen LogP contribution in [0, 0.1) is 0 Å². The van der Waals surface area contributed by atoms with E-state index >= 15 is 0 Å². The summed E-state index contributed by atoms with van der Waals surface area (Å²) in [6.45, 7) is 3.12. The predicted molar refractivity (Wildman–Crippen MR) is 111 cm³/mol. The molecule has 0 radical (unpaired) electrons. The zero-order chi connectivity index (χ0) is 21.2. The highest BCUT2D eigenvalue weighted by Gasteiger charge is 2.07. The Kier molecular flexibility index (Phi) is 8.76. The monoisotopic (exact) mass is 438 g/mol. The molecule has 0 aliphatic heterocycles. The van der Waals surface area contributed by atoms with Gasteiger partial charge in [-0.1, -0.05) is 23.2 Å². The first-order valence-electron chi connectivity index (χ1n) is 8.65. The number of hydrazone groups is 1. The maximum absolute atomic E-state index is 11.8. The minimum absolute atomic E-state index is 0.167. The molecule has 0 saturated carbocycles. The molecule has 7 nitrogen and oxygen atoms in total. The molecular weight excluding hydrogens is 419 g/mol. The van der Waals surface area contributed by atoms with E-state index in [0.29, 0.717) is 21.5 Å². The molecule has 2 aromatic rings. The number of hydrogen-bond acceptors (Lipinski definition) is 6. The van der Waals surface area contributed by atoms with Crippen molar-refractivity contribution in [2.45, 2.75) is 20.0 Å². The maximum Gasteiger partial charge on any atom is 0.344 e. The normalized spacial score (nSPS) is 10.8. The Balaban J connectivity index is 1.75. The summed E-state index contributed by atoms with van der Waals surface area (Å²) in [6.07, 6.45) is 1.28. The Bertz CT molecular complexity index is 870. The van der Waals surface area contributed by atoms with Crippen molar-refractivity contribution < 1.29 is 23.8 Å². The van der Waals surface area contributed by atoms with E-state index in [0.717, 1.165) is 5.56 Å². The number of ether oxygens (including phenoxy) is 3. The molecule has 0 aliphatic carbocycles. The molecule has 0 saturated heterocycles. The number of carbonyl (C=O) groups is 2. The number of esters is 1. The third kappa shape index (κ3) is 8.41. The molecule has 0 atom stereocenters. The highest BCUT2D eigenvalue weighted by atomic mass is 35.5. The summed E-state index contributed by atoms with van der Waals surface area (Å²) >= 11 is 11.8. The van der Waals surface area contributed by atoms with Crippen LogP contribution in [0.4, 0.5) is 0 Å². The molecule has 0 aromatic heterocycles. The van der Waals surface area contributed by atoms with Gasteiger partial charge in [-0.3, -0.25) is 4.79 Å². The number of hydrogen-bond donors (Lipinski definition) is 1. The molecular formula is C20H20Cl2N2O5. The third-order valence-electron chi connectivity index (χ3n) is 3.26. The molecule has 154 valence electrons. The number of benzene rings is 2. The van der Waals surface area contributed by atoms with E-state index in [-0.39, 0.29) is 19.3 Å². The summed E-state index contributed by atoms with van der Waals surface area (Å²) in [4.78, 5) is 23.2. The second-order valence-corrected chi connectivity index (χ2v) is 6.90. The minimum Gasteiger partial charge on any atom is -0.482 e. The maximum atomic E-state index is 11.8. The van der Waals surface area contributed by atoms with Crippen LogP contribution in [0.2, 0.25) is 10.0 Å². The number of nitrogens with one attached hydrogen (secondary N) is 1. The molecule has 0 aliphatic rings. The van der Waals surface area contributed by atoms with Gasteiger partial charge in [0.1, 0.15) is 11.5 Å². The second-order valence-electron chi connectivity index (χ2n) is 6.05. The Labute approximate surface area is 178 Å². The van der Waals surface area contributed by atoms with E-state index in [2.05, 4.69) is 10.5 Å². The lowest BCUT2D eigenvalue weighted by Crippen LogP contribution is -2.24. The summed E-state index contributed by atoms with van der Waals surface area (Å²) in [7, 11) is 0. The SMILES string of the molecule is CC(C)OC(=O)COc1ccc(C=NNC(=O)COc2ccc(Cl)cc2Cl)cc1. The van der Waals surface area contributed by atoms with Gasteiger partial charge in [-0.15, -0.1) is 0 Å². The molecule has 1 amide bonds. The number of rotatable bonds is 9. The summed E-state index contributed by atoms with van der Waals surface area (Å²) in [5, 5.41) is 4.64. The largest absolute Gasteiger partial charge is 0.482 e. The highest BCUT2D eigenvalue weighted by Crippen LogP contribution is 2.27. The quantitative estimate of drug-likeness (QED) is 0.365. The van der Waals surface area contributed by atoms with Gasteiger partial charge in [-0.25, -0.2) is 10.2 Å². The van der Waals surface area contributed by atoms with Crippen LogP contribution in [0.15, 0.2) is 47.6 Å². The van der Waals surface area contributed by atoms with E-state index in [9.17, 15) is 9.59 Å². The Morgan fingerprint density at radius 3 is 2.45 bits per heavy atom. The standard InChI is InChI=1S/C20H20Cl2N2O5/c1-13(2)29-20(26)12-27-16-6-3-14(4-7-16)10-23-24-19(25)11-28-18-8-5-15(21)9-17(18)22/h3-10,13H,11-12H2,1-2H3,(H,24,25). The fourth-order valence-corrected chi connectivity index (χ4v) is 2.50. The van der Waals surface area contributed by atoms with Crippen molar-refractivity contribution in [3.63, 3.8) is 0 Å². The van der Waals surface area contributed by atoms with Crippen molar-refractivity contribution in [3.8, 4) is 11.5 Å². The van der Waals surface area contributed by atoms with Crippen LogP contribution < -0.4 is 14.9 Å². The fourth-order valence-electron chi connectivity index (χ4n) is 2.04. The average Bonchev–Trinajstić information content (AvgIpc) is 2.66. The third-order valence-corrected chi connectivity index (χ3v) is 3.79. The molecule has 0 bridgehead atoms. The van der Waals surface area contributed by atoms with Gasteiger partial charge in [0.2, 0.25) is 0 Å². The van der Waals surface area contributed by atoms with E-state index in [1.54, 1.807) is 50.2 Å². The van der Waals surface area contributed by atoms with Crippen molar-refractivity contribution in [3.05, 3.63) is 58.1 Å². The van der Waals surface area contributed by atoms with Crippen molar-refractivity contribution in [2.24, 2.45) is 5.10 Å². The van der Waals surface area contributed by atoms with Crippen LogP contribution in [0.1, 0.15) is 19.4 Å². The van der Waals surface area contributed by atoms with Crippen LogP contribution in [0.5, 0.6) is 11.5 Å². The lowest BCUT2D eigenvalue weighted by Gasteiger charge is -2.09. The van der Waals surface area contributed by atoms with Gasteiger partial charge in [-0.2, -0.15) is 5.10 Å². The average molecular weight is 439 g/mol. The number of nitrogens with zero attached hydrogens (tertiary/aromatic N) is 1. The summed E-state index contributed by atoms with van der Waals surface area (Å²) in [5.41, 5.74) is 3.08. The summed E-state index contributed by atoms with van der Waals surface area (Å²) in [5.74, 6) is -0.0189. The molecule has 1 N–H and O–H groups in total. The van der Waals surface area contributed by atoms with Gasteiger partial charge < -0.3 is 14.2 Å². The van der Waals surface area contributed by atoms with Crippen molar-refractivity contribution >= 4 is 41.3 Å². The first-order valence-corrected chi connectivity index (χ1v) is 9.41. The van der Waals surface area contributed by atoms with Crippen LogP contribution in [0.25, 0.3) is 0 Å². The smallest absolute Gasteiger partial charge is 0.344 e. The fraction of sp³-hybridized carbons (Fsp3) is 0.250. The number of carbonyl (C=O) groups excluding carboxylic acids is 2. The number of amides is 1. The van der Waals surface area contributed by atoms with Gasteiger partial charge in [0.05, 0.1) is 17.3 Å². The van der Waals surface area contributed by atoms with Gasteiger partial charge in [-0.05, 0) is 61.9 Å². The van der Waals surface area contributed by atoms with Gasteiger partial charge in [0, 0.05) is 5.02 Å². The van der Waals surface area contributed by atoms with Gasteiger partial charge in [0.25, 0.3) is 5.91 Å².